The van der Waals surface area contributed by atoms with Gasteiger partial charge in [-0.2, -0.15) is 10.4 Å². The molecule has 1 atom stereocenters. The van der Waals surface area contributed by atoms with E-state index in [1.807, 2.05) is 0 Å². The Balaban J connectivity index is 1.60. The third-order valence-electron chi connectivity index (χ3n) is 6.09. The minimum absolute atomic E-state index is 0.0276. The van der Waals surface area contributed by atoms with Crippen molar-refractivity contribution in [2.45, 2.75) is 56.5 Å². The van der Waals surface area contributed by atoms with Gasteiger partial charge in [-0.15, -0.1) is 0 Å². The van der Waals surface area contributed by atoms with Crippen molar-refractivity contribution in [1.82, 2.24) is 20.1 Å². The number of primary amides is 1. The van der Waals surface area contributed by atoms with Gasteiger partial charge in [-0.1, -0.05) is 0 Å². The molecule has 2 amide bonds. The number of halogens is 2. The zero-order chi connectivity index (χ0) is 23.5. The summed E-state index contributed by atoms with van der Waals surface area (Å²) in [7, 11) is 0. The van der Waals surface area contributed by atoms with Crippen LogP contribution in [0.25, 0.3) is 11.1 Å². The number of carbonyl (C=O) groups excluding carboxylic acids is 2. The number of hydrogen-bond donors (Lipinski definition) is 2. The van der Waals surface area contributed by atoms with E-state index in [0.717, 1.165) is 25.0 Å². The lowest BCUT2D eigenvalue weighted by molar-refractivity contribution is -0.123. The van der Waals surface area contributed by atoms with Crippen molar-refractivity contribution < 1.29 is 22.8 Å². The van der Waals surface area contributed by atoms with Crippen LogP contribution < -0.4 is 11.1 Å². The third-order valence-corrected chi connectivity index (χ3v) is 6.09. The molecule has 0 spiro atoms. The standard InChI is InChI=1S/C22H20F2N6O3/c1-10-18(20(26)31)19(30(29-10)11-2-3-11)12(21(32)28-22(9-25)4-5-22)6-17-27-15-7-13(23)14(24)8-16(15)33-17/h7-8,11-12H,2-6H2,1H3,(H2,26,31)(H,28,32)/t12-/m0/s1. The molecular formula is C22H20F2N6O3. The van der Waals surface area contributed by atoms with E-state index in [1.165, 1.54) is 0 Å². The number of rotatable bonds is 7. The fraction of sp³-hybridized carbons (Fsp3) is 0.409. The molecule has 11 heteroatoms. The van der Waals surface area contributed by atoms with E-state index in [9.17, 15) is 23.6 Å². The maximum absolute atomic E-state index is 13.6. The molecule has 0 aliphatic heterocycles. The highest BCUT2D eigenvalue weighted by Crippen LogP contribution is 2.41. The predicted molar refractivity (Wildman–Crippen MR) is 110 cm³/mol. The molecule has 9 nitrogen and oxygen atoms in total. The van der Waals surface area contributed by atoms with Gasteiger partial charge in [0.1, 0.15) is 11.1 Å². The number of benzene rings is 1. The van der Waals surface area contributed by atoms with Gasteiger partial charge in [0.15, 0.2) is 23.1 Å². The topological polar surface area (TPSA) is 140 Å². The van der Waals surface area contributed by atoms with E-state index < -0.39 is 34.9 Å². The first kappa shape index (κ1) is 21.1. The summed E-state index contributed by atoms with van der Waals surface area (Å²) in [6.45, 7) is 1.64. The molecule has 2 saturated carbocycles. The molecule has 0 bridgehead atoms. The van der Waals surface area contributed by atoms with E-state index in [0.29, 0.717) is 24.2 Å². The lowest BCUT2D eigenvalue weighted by Gasteiger charge is -2.20. The second-order valence-corrected chi connectivity index (χ2v) is 8.67. The number of carbonyl (C=O) groups is 2. The Morgan fingerprint density at radius 3 is 2.67 bits per heavy atom. The number of nitrogens with two attached hydrogens (primary N) is 1. The maximum atomic E-state index is 13.6. The number of hydrogen-bond acceptors (Lipinski definition) is 6. The highest BCUT2D eigenvalue weighted by Gasteiger charge is 2.47. The largest absolute Gasteiger partial charge is 0.441 e. The van der Waals surface area contributed by atoms with Gasteiger partial charge in [0.2, 0.25) is 5.91 Å². The van der Waals surface area contributed by atoms with Gasteiger partial charge in [0.25, 0.3) is 5.91 Å². The van der Waals surface area contributed by atoms with E-state index in [2.05, 4.69) is 21.5 Å². The molecule has 0 unspecified atom stereocenters. The van der Waals surface area contributed by atoms with Crippen LogP contribution in [0.15, 0.2) is 16.5 Å². The zero-order valence-corrected chi connectivity index (χ0v) is 17.7. The summed E-state index contributed by atoms with van der Waals surface area (Å²) in [6, 6.07) is 3.94. The summed E-state index contributed by atoms with van der Waals surface area (Å²) in [5, 5.41) is 16.7. The summed E-state index contributed by atoms with van der Waals surface area (Å²) in [5.41, 5.74) is 5.68. The Kier molecular flexibility index (Phi) is 4.70. The van der Waals surface area contributed by atoms with Gasteiger partial charge in [-0.05, 0) is 32.6 Å². The Morgan fingerprint density at radius 2 is 2.06 bits per heavy atom. The molecule has 3 aromatic rings. The summed E-state index contributed by atoms with van der Waals surface area (Å²) in [6.07, 6.45) is 2.60. The first-order valence-electron chi connectivity index (χ1n) is 10.6. The summed E-state index contributed by atoms with van der Waals surface area (Å²) >= 11 is 0. The predicted octanol–water partition coefficient (Wildman–Crippen LogP) is 2.54. The molecule has 3 N–H and O–H groups in total. The summed E-state index contributed by atoms with van der Waals surface area (Å²) in [5.74, 6) is -4.34. The number of amides is 2. The van der Waals surface area contributed by atoms with Gasteiger partial charge in [-0.25, -0.2) is 13.8 Å². The quantitative estimate of drug-likeness (QED) is 0.562. The third kappa shape index (κ3) is 3.71. The molecule has 2 fully saturated rings. The van der Waals surface area contributed by atoms with Crippen molar-refractivity contribution in [1.29, 1.82) is 5.26 Å². The van der Waals surface area contributed by atoms with E-state index >= 15 is 0 Å². The number of oxazole rings is 1. The number of aryl methyl sites for hydroxylation is 1. The average Bonchev–Trinajstić information content (AvgIpc) is 3.67. The molecule has 0 radical (unpaired) electrons. The van der Waals surface area contributed by atoms with Crippen molar-refractivity contribution >= 4 is 22.9 Å². The van der Waals surface area contributed by atoms with Gasteiger partial charge < -0.3 is 15.5 Å². The van der Waals surface area contributed by atoms with E-state index in [-0.39, 0.29) is 35.0 Å². The molecule has 2 aliphatic carbocycles. The van der Waals surface area contributed by atoms with Crippen LogP contribution >= 0.6 is 0 Å². The van der Waals surface area contributed by atoms with Crippen LogP contribution in [0.1, 0.15) is 65.3 Å². The second kappa shape index (κ2) is 7.37. The fourth-order valence-electron chi connectivity index (χ4n) is 4.06. The SMILES string of the molecule is Cc1nn(C2CC2)c([C@H](Cc2nc3cc(F)c(F)cc3o2)C(=O)NC2(C#N)CC2)c1C(N)=O. The molecule has 0 saturated heterocycles. The van der Waals surface area contributed by atoms with Gasteiger partial charge in [0.05, 0.1) is 35.0 Å². The molecule has 2 aliphatic rings. The van der Waals surface area contributed by atoms with E-state index in [4.69, 9.17) is 10.2 Å². The molecule has 170 valence electrons. The lowest BCUT2D eigenvalue weighted by atomic mass is 9.94. The minimum atomic E-state index is -1.08. The highest BCUT2D eigenvalue weighted by molar-refractivity contribution is 5.98. The van der Waals surface area contributed by atoms with Crippen molar-refractivity contribution in [2.75, 3.05) is 0 Å². The summed E-state index contributed by atoms with van der Waals surface area (Å²) < 4.78 is 34.5. The summed E-state index contributed by atoms with van der Waals surface area (Å²) in [4.78, 5) is 29.9. The molecule has 5 rings (SSSR count). The number of aromatic nitrogens is 3. The smallest absolute Gasteiger partial charge is 0.252 e. The average molecular weight is 454 g/mol. The number of nitriles is 1. The lowest BCUT2D eigenvalue weighted by Crippen LogP contribution is -2.40. The monoisotopic (exact) mass is 454 g/mol. The van der Waals surface area contributed by atoms with Crippen molar-refractivity contribution in [3.05, 3.63) is 46.6 Å². The number of fused-ring (bicyclic) bond motifs is 1. The Labute approximate surface area is 186 Å². The van der Waals surface area contributed by atoms with Crippen LogP contribution in [0.5, 0.6) is 0 Å². The Hall–Kier alpha value is -3.81. The van der Waals surface area contributed by atoms with Crippen LogP contribution in [0, 0.1) is 29.9 Å². The maximum Gasteiger partial charge on any atom is 0.252 e. The molecule has 33 heavy (non-hydrogen) atoms. The first-order chi connectivity index (χ1) is 15.7. The zero-order valence-electron chi connectivity index (χ0n) is 17.7. The van der Waals surface area contributed by atoms with Crippen molar-refractivity contribution in [3.63, 3.8) is 0 Å². The van der Waals surface area contributed by atoms with Crippen molar-refractivity contribution in [2.24, 2.45) is 5.73 Å². The van der Waals surface area contributed by atoms with Crippen LogP contribution in [-0.2, 0) is 11.2 Å². The van der Waals surface area contributed by atoms with Crippen LogP contribution in [0.3, 0.4) is 0 Å². The second-order valence-electron chi connectivity index (χ2n) is 8.67. The number of nitrogens with one attached hydrogen (secondary N) is 1. The molecule has 2 heterocycles. The normalized spacial score (nSPS) is 17.5. The minimum Gasteiger partial charge on any atom is -0.441 e. The van der Waals surface area contributed by atoms with Gasteiger partial charge in [-0.3, -0.25) is 14.3 Å². The van der Waals surface area contributed by atoms with Gasteiger partial charge >= 0.3 is 0 Å². The van der Waals surface area contributed by atoms with Gasteiger partial charge in [0, 0.05) is 18.6 Å². The fourth-order valence-corrected chi connectivity index (χ4v) is 4.06. The Bertz CT molecular complexity index is 1310. The van der Waals surface area contributed by atoms with E-state index in [1.54, 1.807) is 11.6 Å². The molecule has 1 aromatic carbocycles. The first-order valence-corrected chi connectivity index (χ1v) is 10.6. The Morgan fingerprint density at radius 1 is 1.36 bits per heavy atom. The van der Waals surface area contributed by atoms with Crippen LogP contribution in [-0.4, -0.2) is 32.1 Å². The van der Waals surface area contributed by atoms with Crippen molar-refractivity contribution in [3.8, 4) is 6.07 Å². The van der Waals surface area contributed by atoms with Crippen LogP contribution in [0.2, 0.25) is 0 Å². The van der Waals surface area contributed by atoms with Crippen LogP contribution in [0.4, 0.5) is 8.78 Å². The molecule has 2 aromatic heterocycles. The highest BCUT2D eigenvalue weighted by atomic mass is 19.2. The molecular weight excluding hydrogens is 434 g/mol. The number of nitrogens with zero attached hydrogens (tertiary/aromatic N) is 4.